The minimum Gasteiger partial charge on any atom is -0.357 e. The van der Waals surface area contributed by atoms with Gasteiger partial charge in [-0.3, -0.25) is 14.4 Å². The van der Waals surface area contributed by atoms with Crippen LogP contribution in [0.4, 0.5) is 0 Å². The number of nitrogens with zero attached hydrogens (tertiary/aromatic N) is 1. The average Bonchev–Trinajstić information content (AvgIpc) is 3.30. The summed E-state index contributed by atoms with van der Waals surface area (Å²) in [4.78, 5) is 37.6. The van der Waals surface area contributed by atoms with Gasteiger partial charge in [0.25, 0.3) is 5.91 Å². The maximum atomic E-state index is 12.9. The standard InChI is InChI=1S/C28H31N3O3/c1-19(2)25(28(34)29-4)30-27(33)23-10-5-8-21(18-23)9-6-16-31-17-7-11-24(31)26(32)22-14-12-20(3)13-15-22/h5-15,17-19,25H,16H2,1-4H3,(H,29,34)(H,30,33)/b9-6+/t25-/m0/s1. The first kappa shape index (κ1) is 24.7. The normalized spacial score (nSPS) is 12.0. The number of amides is 2. The molecule has 1 aromatic heterocycles. The van der Waals surface area contributed by atoms with Crippen molar-refractivity contribution in [3.8, 4) is 0 Å². The topological polar surface area (TPSA) is 80.2 Å². The lowest BCUT2D eigenvalue weighted by Crippen LogP contribution is -2.48. The second kappa shape index (κ2) is 11.3. The molecule has 176 valence electrons. The zero-order valence-corrected chi connectivity index (χ0v) is 20.0. The molecule has 0 radical (unpaired) electrons. The largest absolute Gasteiger partial charge is 0.357 e. The lowest BCUT2D eigenvalue weighted by Gasteiger charge is -2.20. The van der Waals surface area contributed by atoms with Gasteiger partial charge >= 0.3 is 0 Å². The fourth-order valence-electron chi connectivity index (χ4n) is 3.63. The molecule has 0 fully saturated rings. The highest BCUT2D eigenvalue weighted by Crippen LogP contribution is 2.14. The van der Waals surface area contributed by atoms with Crippen LogP contribution in [0.5, 0.6) is 0 Å². The van der Waals surface area contributed by atoms with Gasteiger partial charge in [0.2, 0.25) is 11.7 Å². The van der Waals surface area contributed by atoms with Gasteiger partial charge in [-0.15, -0.1) is 0 Å². The van der Waals surface area contributed by atoms with E-state index in [1.54, 1.807) is 25.2 Å². The first-order valence-electron chi connectivity index (χ1n) is 11.4. The van der Waals surface area contributed by atoms with E-state index in [-0.39, 0.29) is 23.5 Å². The zero-order valence-electron chi connectivity index (χ0n) is 20.0. The van der Waals surface area contributed by atoms with Gasteiger partial charge < -0.3 is 15.2 Å². The molecule has 2 aromatic carbocycles. The number of hydrogen-bond acceptors (Lipinski definition) is 3. The second-order valence-corrected chi connectivity index (χ2v) is 8.58. The van der Waals surface area contributed by atoms with Crippen molar-refractivity contribution < 1.29 is 14.4 Å². The molecule has 6 heteroatoms. The minimum absolute atomic E-state index is 0.0205. The Balaban J connectivity index is 1.69. The Bertz CT molecular complexity index is 1190. The lowest BCUT2D eigenvalue weighted by molar-refractivity contribution is -0.123. The third-order valence-electron chi connectivity index (χ3n) is 5.62. The molecule has 3 rings (SSSR count). The van der Waals surface area contributed by atoms with Crippen LogP contribution >= 0.6 is 0 Å². The van der Waals surface area contributed by atoms with Crippen LogP contribution in [0, 0.1) is 12.8 Å². The molecular weight excluding hydrogens is 426 g/mol. The molecule has 1 atom stereocenters. The van der Waals surface area contributed by atoms with E-state index in [1.807, 2.05) is 86.2 Å². The summed E-state index contributed by atoms with van der Waals surface area (Å²) in [7, 11) is 1.56. The Morgan fingerprint density at radius 3 is 2.38 bits per heavy atom. The molecule has 2 N–H and O–H groups in total. The molecule has 0 bridgehead atoms. The Hall–Kier alpha value is -3.93. The van der Waals surface area contributed by atoms with E-state index in [4.69, 9.17) is 0 Å². The molecule has 1 heterocycles. The first-order chi connectivity index (χ1) is 16.3. The third kappa shape index (κ3) is 6.10. The quantitative estimate of drug-likeness (QED) is 0.472. The monoisotopic (exact) mass is 457 g/mol. The number of likely N-dealkylation sites (N-methyl/N-ethyl adjacent to an activating group) is 1. The number of aromatic nitrogens is 1. The highest BCUT2D eigenvalue weighted by Gasteiger charge is 2.23. The number of ketones is 1. The molecule has 0 aliphatic carbocycles. The molecule has 34 heavy (non-hydrogen) atoms. The molecule has 0 unspecified atom stereocenters. The number of aryl methyl sites for hydroxylation is 1. The van der Waals surface area contributed by atoms with Crippen LogP contribution in [-0.2, 0) is 11.3 Å². The average molecular weight is 458 g/mol. The van der Waals surface area contributed by atoms with Crippen LogP contribution in [0.15, 0.2) is 72.9 Å². The van der Waals surface area contributed by atoms with E-state index in [1.165, 1.54) is 0 Å². The van der Waals surface area contributed by atoms with Gasteiger partial charge in [0.15, 0.2) is 0 Å². The molecule has 6 nitrogen and oxygen atoms in total. The molecule has 0 spiro atoms. The van der Waals surface area contributed by atoms with Crippen molar-refractivity contribution >= 4 is 23.7 Å². The number of carbonyl (C=O) groups excluding carboxylic acids is 3. The Kier molecular flexibility index (Phi) is 8.19. The molecule has 0 aliphatic heterocycles. The minimum atomic E-state index is -0.602. The number of allylic oxidation sites excluding steroid dienone is 1. The lowest BCUT2D eigenvalue weighted by atomic mass is 10.0. The Morgan fingerprint density at radius 1 is 0.971 bits per heavy atom. The molecule has 3 aromatic rings. The molecule has 0 saturated heterocycles. The van der Waals surface area contributed by atoms with Crippen molar-refractivity contribution in [2.75, 3.05) is 7.05 Å². The summed E-state index contributed by atoms with van der Waals surface area (Å²) in [5.41, 5.74) is 3.72. The maximum absolute atomic E-state index is 12.9. The van der Waals surface area contributed by atoms with Gasteiger partial charge in [0, 0.05) is 30.9 Å². The van der Waals surface area contributed by atoms with Crippen molar-refractivity contribution in [1.29, 1.82) is 0 Å². The summed E-state index contributed by atoms with van der Waals surface area (Å²) >= 11 is 0. The zero-order chi connectivity index (χ0) is 24.7. The van der Waals surface area contributed by atoms with Crippen molar-refractivity contribution in [2.45, 2.75) is 33.4 Å². The van der Waals surface area contributed by atoms with Gasteiger partial charge in [0.05, 0.1) is 5.69 Å². The van der Waals surface area contributed by atoms with Crippen LogP contribution in [0.2, 0.25) is 0 Å². The van der Waals surface area contributed by atoms with Crippen LogP contribution in [0.3, 0.4) is 0 Å². The summed E-state index contributed by atoms with van der Waals surface area (Å²) in [6, 6.07) is 17.8. The number of nitrogens with one attached hydrogen (secondary N) is 2. The van der Waals surface area contributed by atoms with Gasteiger partial charge in [-0.25, -0.2) is 0 Å². The van der Waals surface area contributed by atoms with E-state index in [2.05, 4.69) is 10.6 Å². The first-order valence-corrected chi connectivity index (χ1v) is 11.4. The SMILES string of the molecule is CNC(=O)[C@@H](NC(=O)c1cccc(/C=C/Cn2cccc2C(=O)c2ccc(C)cc2)c1)C(C)C. The van der Waals surface area contributed by atoms with Crippen molar-refractivity contribution in [2.24, 2.45) is 5.92 Å². The second-order valence-electron chi connectivity index (χ2n) is 8.58. The Morgan fingerprint density at radius 2 is 1.71 bits per heavy atom. The van der Waals surface area contributed by atoms with Gasteiger partial charge in [0.1, 0.15) is 6.04 Å². The molecule has 0 aliphatic rings. The van der Waals surface area contributed by atoms with Crippen molar-refractivity contribution in [3.63, 3.8) is 0 Å². The third-order valence-corrected chi connectivity index (χ3v) is 5.62. The number of rotatable bonds is 9. The van der Waals surface area contributed by atoms with Crippen LogP contribution in [0.25, 0.3) is 6.08 Å². The molecular formula is C28H31N3O3. The van der Waals surface area contributed by atoms with Crippen LogP contribution in [-0.4, -0.2) is 35.3 Å². The summed E-state index contributed by atoms with van der Waals surface area (Å²) in [5.74, 6) is -0.575. The number of hydrogen-bond donors (Lipinski definition) is 2. The predicted molar refractivity (Wildman–Crippen MR) is 135 cm³/mol. The fraction of sp³-hybridized carbons (Fsp3) is 0.250. The summed E-state index contributed by atoms with van der Waals surface area (Å²) in [6.07, 6.45) is 5.74. The fourth-order valence-corrected chi connectivity index (χ4v) is 3.63. The van der Waals surface area contributed by atoms with Gasteiger partial charge in [-0.2, -0.15) is 0 Å². The smallest absolute Gasteiger partial charge is 0.251 e. The molecule has 0 saturated carbocycles. The number of benzene rings is 2. The van der Waals surface area contributed by atoms with E-state index in [0.717, 1.165) is 11.1 Å². The summed E-state index contributed by atoms with van der Waals surface area (Å²) < 4.78 is 1.89. The number of carbonyl (C=O) groups is 3. The highest BCUT2D eigenvalue weighted by atomic mass is 16.2. The van der Waals surface area contributed by atoms with Crippen molar-refractivity contribution in [3.05, 3.63) is 101 Å². The van der Waals surface area contributed by atoms with Crippen LogP contribution < -0.4 is 10.6 Å². The van der Waals surface area contributed by atoms with Gasteiger partial charge in [-0.1, -0.05) is 68.0 Å². The molecule has 2 amide bonds. The van der Waals surface area contributed by atoms with E-state index < -0.39 is 6.04 Å². The Labute approximate surface area is 200 Å². The predicted octanol–water partition coefficient (Wildman–Crippen LogP) is 4.24. The van der Waals surface area contributed by atoms with E-state index in [0.29, 0.717) is 23.4 Å². The van der Waals surface area contributed by atoms with Crippen LogP contribution in [0.1, 0.15) is 51.4 Å². The van der Waals surface area contributed by atoms with Gasteiger partial charge in [-0.05, 0) is 42.7 Å². The van der Waals surface area contributed by atoms with E-state index in [9.17, 15) is 14.4 Å². The highest BCUT2D eigenvalue weighted by molar-refractivity contribution is 6.08. The van der Waals surface area contributed by atoms with E-state index >= 15 is 0 Å². The van der Waals surface area contributed by atoms with Crippen molar-refractivity contribution in [1.82, 2.24) is 15.2 Å². The summed E-state index contributed by atoms with van der Waals surface area (Å²) in [5, 5.41) is 5.40. The summed E-state index contributed by atoms with van der Waals surface area (Å²) in [6.45, 7) is 6.28. The maximum Gasteiger partial charge on any atom is 0.251 e.